The monoisotopic (exact) mass is 430 g/mol. The zero-order chi connectivity index (χ0) is 21.3. The van der Waals surface area contributed by atoms with Crippen LogP contribution in [0.2, 0.25) is 0 Å². The van der Waals surface area contributed by atoms with Gasteiger partial charge in [-0.15, -0.1) is 11.3 Å². The van der Waals surface area contributed by atoms with Gasteiger partial charge in [0, 0.05) is 43.3 Å². The summed E-state index contributed by atoms with van der Waals surface area (Å²) in [6.07, 6.45) is 3.56. The number of carbonyl (C=O) groups excluding carboxylic acids is 3. The second kappa shape index (κ2) is 10.8. The maximum atomic E-state index is 12.9. The van der Waals surface area contributed by atoms with E-state index >= 15 is 0 Å². The number of nitrogens with zero attached hydrogens (tertiary/aromatic N) is 2. The molecule has 0 bridgehead atoms. The standard InChI is InChI=1S/C21H26N4O4S/c1-15-4-6-16(7-5-15)25(14-19(27)23-13-17-3-2-11-29-17)20(28)9-8-18(26)24-21-22-10-12-30-21/h4-7,10,12,17H,2-3,8-9,11,13-14H2,1H3,(H,23,27)(H,22,24,26)/t17-/m1/s1. The molecular weight excluding hydrogens is 404 g/mol. The van der Waals surface area contributed by atoms with E-state index in [1.54, 1.807) is 23.7 Å². The summed E-state index contributed by atoms with van der Waals surface area (Å²) < 4.78 is 5.52. The highest BCUT2D eigenvalue weighted by Crippen LogP contribution is 2.17. The number of rotatable bonds is 9. The Balaban J connectivity index is 1.58. The quantitative estimate of drug-likeness (QED) is 0.637. The number of nitrogens with one attached hydrogen (secondary N) is 2. The highest BCUT2D eigenvalue weighted by Gasteiger charge is 2.22. The average molecular weight is 431 g/mol. The molecule has 2 heterocycles. The van der Waals surface area contributed by atoms with Crippen LogP contribution >= 0.6 is 11.3 Å². The van der Waals surface area contributed by atoms with Crippen molar-refractivity contribution in [3.8, 4) is 0 Å². The van der Waals surface area contributed by atoms with Crippen LogP contribution in [0.5, 0.6) is 0 Å². The Kier molecular flexibility index (Phi) is 7.92. The van der Waals surface area contributed by atoms with E-state index in [9.17, 15) is 14.4 Å². The number of hydrogen-bond donors (Lipinski definition) is 2. The van der Waals surface area contributed by atoms with Gasteiger partial charge in [-0.3, -0.25) is 14.4 Å². The van der Waals surface area contributed by atoms with Crippen LogP contribution in [0, 0.1) is 6.92 Å². The predicted molar refractivity (Wildman–Crippen MR) is 115 cm³/mol. The maximum Gasteiger partial charge on any atom is 0.240 e. The van der Waals surface area contributed by atoms with Gasteiger partial charge >= 0.3 is 0 Å². The molecule has 2 aromatic rings. The molecule has 1 aliphatic heterocycles. The number of aromatic nitrogens is 1. The first-order chi connectivity index (χ1) is 14.5. The van der Waals surface area contributed by atoms with Crippen molar-refractivity contribution in [3.63, 3.8) is 0 Å². The molecule has 1 aromatic carbocycles. The van der Waals surface area contributed by atoms with Gasteiger partial charge in [0.25, 0.3) is 0 Å². The molecule has 30 heavy (non-hydrogen) atoms. The lowest BCUT2D eigenvalue weighted by Crippen LogP contribution is -2.43. The Morgan fingerprint density at radius 3 is 2.67 bits per heavy atom. The summed E-state index contributed by atoms with van der Waals surface area (Å²) in [5, 5.41) is 7.76. The summed E-state index contributed by atoms with van der Waals surface area (Å²) in [6.45, 7) is 3.00. The molecule has 0 spiro atoms. The van der Waals surface area contributed by atoms with Crippen LogP contribution in [0.1, 0.15) is 31.2 Å². The number of amides is 3. The van der Waals surface area contributed by atoms with Crippen LogP contribution in [0.15, 0.2) is 35.8 Å². The van der Waals surface area contributed by atoms with Crippen molar-refractivity contribution in [3.05, 3.63) is 41.4 Å². The van der Waals surface area contributed by atoms with Crippen LogP contribution in [0.4, 0.5) is 10.8 Å². The van der Waals surface area contributed by atoms with E-state index < -0.39 is 0 Å². The summed E-state index contributed by atoms with van der Waals surface area (Å²) in [5.41, 5.74) is 1.68. The van der Waals surface area contributed by atoms with Crippen molar-refractivity contribution in [2.75, 3.05) is 29.9 Å². The molecule has 9 heteroatoms. The smallest absolute Gasteiger partial charge is 0.240 e. The Hall–Kier alpha value is -2.78. The van der Waals surface area contributed by atoms with Gasteiger partial charge in [0.05, 0.1) is 6.10 Å². The third kappa shape index (κ3) is 6.64. The largest absolute Gasteiger partial charge is 0.376 e. The van der Waals surface area contributed by atoms with Crippen molar-refractivity contribution in [1.82, 2.24) is 10.3 Å². The van der Waals surface area contributed by atoms with Gasteiger partial charge in [-0.05, 0) is 31.9 Å². The van der Waals surface area contributed by atoms with Crippen LogP contribution in [0.25, 0.3) is 0 Å². The van der Waals surface area contributed by atoms with Crippen molar-refractivity contribution in [2.24, 2.45) is 0 Å². The first-order valence-corrected chi connectivity index (χ1v) is 10.8. The number of hydrogen-bond acceptors (Lipinski definition) is 6. The summed E-state index contributed by atoms with van der Waals surface area (Å²) >= 11 is 1.31. The lowest BCUT2D eigenvalue weighted by molar-refractivity contribution is -0.125. The summed E-state index contributed by atoms with van der Waals surface area (Å²) in [7, 11) is 0. The first-order valence-electron chi connectivity index (χ1n) is 9.96. The number of anilines is 2. The van der Waals surface area contributed by atoms with Crippen molar-refractivity contribution < 1.29 is 19.1 Å². The van der Waals surface area contributed by atoms with E-state index in [0.29, 0.717) is 17.4 Å². The van der Waals surface area contributed by atoms with Gasteiger partial charge in [0.2, 0.25) is 17.7 Å². The summed E-state index contributed by atoms with van der Waals surface area (Å²) in [6, 6.07) is 7.37. The molecule has 1 aromatic heterocycles. The first kappa shape index (κ1) is 21.9. The van der Waals surface area contributed by atoms with Gasteiger partial charge in [0.15, 0.2) is 5.13 Å². The van der Waals surface area contributed by atoms with E-state index in [-0.39, 0.29) is 43.2 Å². The summed E-state index contributed by atoms with van der Waals surface area (Å²) in [4.78, 5) is 42.8. The van der Waals surface area contributed by atoms with Crippen molar-refractivity contribution in [2.45, 2.75) is 38.7 Å². The molecule has 3 rings (SSSR count). The number of thiazole rings is 1. The van der Waals surface area contributed by atoms with Crippen molar-refractivity contribution in [1.29, 1.82) is 0 Å². The van der Waals surface area contributed by atoms with Gasteiger partial charge in [-0.25, -0.2) is 4.98 Å². The second-order valence-electron chi connectivity index (χ2n) is 7.14. The molecule has 1 atom stereocenters. The number of benzene rings is 1. The summed E-state index contributed by atoms with van der Waals surface area (Å²) in [5.74, 6) is -0.836. The van der Waals surface area contributed by atoms with Crippen LogP contribution in [-0.4, -0.2) is 48.5 Å². The highest BCUT2D eigenvalue weighted by atomic mass is 32.1. The van der Waals surface area contributed by atoms with Gasteiger partial charge < -0.3 is 20.3 Å². The average Bonchev–Trinajstić information content (AvgIpc) is 3.44. The molecule has 0 aliphatic carbocycles. The SMILES string of the molecule is Cc1ccc(N(CC(=O)NC[C@H]2CCCO2)C(=O)CCC(=O)Nc2nccs2)cc1. The van der Waals surface area contributed by atoms with Crippen LogP contribution in [0.3, 0.4) is 0 Å². The molecule has 160 valence electrons. The minimum atomic E-state index is -0.291. The number of carbonyl (C=O) groups is 3. The highest BCUT2D eigenvalue weighted by molar-refractivity contribution is 7.13. The molecule has 1 fully saturated rings. The second-order valence-corrected chi connectivity index (χ2v) is 8.03. The minimum absolute atomic E-state index is 0.00982. The van der Waals surface area contributed by atoms with Crippen LogP contribution < -0.4 is 15.5 Å². The van der Waals surface area contributed by atoms with Gasteiger partial charge in [0.1, 0.15) is 6.54 Å². The van der Waals surface area contributed by atoms with Gasteiger partial charge in [-0.2, -0.15) is 0 Å². The van der Waals surface area contributed by atoms with E-state index in [1.807, 2.05) is 19.1 Å². The number of ether oxygens (including phenoxy) is 1. The third-order valence-electron chi connectivity index (χ3n) is 4.74. The number of aryl methyl sites for hydroxylation is 1. The lowest BCUT2D eigenvalue weighted by atomic mass is 10.2. The Morgan fingerprint density at radius 2 is 2.00 bits per heavy atom. The third-order valence-corrected chi connectivity index (χ3v) is 5.43. The Bertz CT molecular complexity index is 848. The fourth-order valence-corrected chi connectivity index (χ4v) is 3.65. The molecule has 0 saturated carbocycles. The molecule has 2 N–H and O–H groups in total. The van der Waals surface area contributed by atoms with E-state index in [0.717, 1.165) is 25.0 Å². The van der Waals surface area contributed by atoms with Crippen LogP contribution in [-0.2, 0) is 19.1 Å². The predicted octanol–water partition coefficient (Wildman–Crippen LogP) is 2.50. The molecule has 0 unspecified atom stereocenters. The topological polar surface area (TPSA) is 101 Å². The molecular formula is C21H26N4O4S. The Labute approximate surface area is 179 Å². The molecule has 1 aliphatic rings. The van der Waals surface area contributed by atoms with E-state index in [1.165, 1.54) is 16.2 Å². The van der Waals surface area contributed by atoms with E-state index in [4.69, 9.17) is 4.74 Å². The van der Waals surface area contributed by atoms with E-state index in [2.05, 4.69) is 15.6 Å². The zero-order valence-electron chi connectivity index (χ0n) is 16.9. The maximum absolute atomic E-state index is 12.9. The normalized spacial score (nSPS) is 15.6. The lowest BCUT2D eigenvalue weighted by Gasteiger charge is -2.23. The minimum Gasteiger partial charge on any atom is -0.376 e. The van der Waals surface area contributed by atoms with Crippen molar-refractivity contribution >= 4 is 39.9 Å². The Morgan fingerprint density at radius 1 is 1.20 bits per heavy atom. The molecule has 3 amide bonds. The molecule has 0 radical (unpaired) electrons. The molecule has 1 saturated heterocycles. The zero-order valence-corrected chi connectivity index (χ0v) is 17.7. The fourth-order valence-electron chi connectivity index (χ4n) is 3.10. The molecule has 8 nitrogen and oxygen atoms in total. The van der Waals surface area contributed by atoms with Gasteiger partial charge in [-0.1, -0.05) is 17.7 Å². The fraction of sp³-hybridized carbons (Fsp3) is 0.429.